The molecule has 0 saturated carbocycles. The van der Waals surface area contributed by atoms with E-state index in [1.807, 2.05) is 24.3 Å². The van der Waals surface area contributed by atoms with Gasteiger partial charge in [0.2, 0.25) is 0 Å². The van der Waals surface area contributed by atoms with Crippen LogP contribution in [0.5, 0.6) is 0 Å². The van der Waals surface area contributed by atoms with E-state index in [9.17, 15) is 4.79 Å². The zero-order valence-corrected chi connectivity index (χ0v) is 21.8. The predicted octanol–water partition coefficient (Wildman–Crippen LogP) is 3.06. The minimum absolute atomic E-state index is 0.392. The van der Waals surface area contributed by atoms with Gasteiger partial charge in [-0.1, -0.05) is 6.07 Å². The number of fused-ring (bicyclic) bond motifs is 3. The third-order valence-electron chi connectivity index (χ3n) is 7.53. The minimum atomic E-state index is -0.516. The SMILES string of the molecule is N=Cc1cc(-c2cc(C(N)=O)c3[nH]c4cc(N5CCOCC5)ccc4c3n2)ccc1NCCN1CCOCC1. The van der Waals surface area contributed by atoms with Gasteiger partial charge < -0.3 is 35.8 Å². The summed E-state index contributed by atoms with van der Waals surface area (Å²) in [4.78, 5) is 25.5. The molecule has 10 nitrogen and oxygen atoms in total. The molecule has 2 aliphatic heterocycles. The molecule has 2 aromatic carbocycles. The van der Waals surface area contributed by atoms with Crippen molar-refractivity contribution in [1.82, 2.24) is 14.9 Å². The van der Waals surface area contributed by atoms with Gasteiger partial charge in [-0.15, -0.1) is 0 Å². The Morgan fingerprint density at radius 1 is 1.05 bits per heavy atom. The number of rotatable bonds is 8. The molecule has 2 saturated heterocycles. The van der Waals surface area contributed by atoms with E-state index >= 15 is 0 Å². The van der Waals surface area contributed by atoms with Crippen molar-refractivity contribution in [1.29, 1.82) is 5.41 Å². The quantitative estimate of drug-likeness (QED) is 0.259. The van der Waals surface area contributed by atoms with Crippen LogP contribution >= 0.6 is 0 Å². The maximum absolute atomic E-state index is 12.5. The monoisotopic (exact) mass is 527 g/mol. The molecular weight excluding hydrogens is 494 g/mol. The highest BCUT2D eigenvalue weighted by Crippen LogP contribution is 2.33. The highest BCUT2D eigenvalue weighted by molar-refractivity contribution is 6.14. The number of nitrogens with zero attached hydrogens (tertiary/aromatic N) is 3. The molecule has 2 aliphatic rings. The Labute approximate surface area is 226 Å². The Kier molecular flexibility index (Phi) is 7.14. The molecule has 6 rings (SSSR count). The lowest BCUT2D eigenvalue weighted by Gasteiger charge is -2.28. The Morgan fingerprint density at radius 2 is 1.82 bits per heavy atom. The molecule has 0 unspecified atom stereocenters. The summed E-state index contributed by atoms with van der Waals surface area (Å²) in [7, 11) is 0. The standard InChI is InChI=1S/C29H33N7O3/c30-18-20-15-19(1-4-24(20)32-5-6-35-7-11-38-12-8-35)25-17-23(29(31)37)28-27(33-25)22-3-2-21(16-26(22)34-28)36-9-13-39-14-10-36/h1-4,15-18,30,32,34H,5-14H2,(H2,31,37). The molecule has 4 aromatic rings. The molecular formula is C29H33N7O3. The Hall–Kier alpha value is -3.99. The molecule has 202 valence electrons. The molecule has 0 atom stereocenters. The van der Waals surface area contributed by atoms with E-state index < -0.39 is 5.91 Å². The second-order valence-corrected chi connectivity index (χ2v) is 9.92. The van der Waals surface area contributed by atoms with E-state index in [0.29, 0.717) is 35.5 Å². The van der Waals surface area contributed by atoms with Gasteiger partial charge in [-0.05, 0) is 36.4 Å². The molecule has 4 heterocycles. The van der Waals surface area contributed by atoms with E-state index in [1.54, 1.807) is 6.07 Å². The van der Waals surface area contributed by atoms with Crippen molar-refractivity contribution in [3.63, 3.8) is 0 Å². The van der Waals surface area contributed by atoms with Gasteiger partial charge in [0.05, 0.1) is 54.2 Å². The summed E-state index contributed by atoms with van der Waals surface area (Å²) in [5, 5.41) is 12.4. The van der Waals surface area contributed by atoms with Crippen molar-refractivity contribution in [2.24, 2.45) is 5.73 Å². The van der Waals surface area contributed by atoms with Crippen molar-refractivity contribution in [2.75, 3.05) is 75.9 Å². The number of carbonyl (C=O) groups excluding carboxylic acids is 1. The first-order chi connectivity index (χ1) is 19.1. The average Bonchev–Trinajstić information content (AvgIpc) is 3.35. The minimum Gasteiger partial charge on any atom is -0.383 e. The van der Waals surface area contributed by atoms with Crippen LogP contribution in [0.25, 0.3) is 33.2 Å². The van der Waals surface area contributed by atoms with Crippen LogP contribution in [0.4, 0.5) is 11.4 Å². The molecule has 2 fully saturated rings. The number of H-pyrrole nitrogens is 1. The second-order valence-electron chi connectivity index (χ2n) is 9.92. The lowest BCUT2D eigenvalue weighted by atomic mass is 10.0. The average molecular weight is 528 g/mol. The summed E-state index contributed by atoms with van der Waals surface area (Å²) < 4.78 is 10.9. The summed E-state index contributed by atoms with van der Waals surface area (Å²) in [6.45, 7) is 8.22. The highest BCUT2D eigenvalue weighted by atomic mass is 16.5. The van der Waals surface area contributed by atoms with Crippen LogP contribution in [0.15, 0.2) is 42.5 Å². The maximum Gasteiger partial charge on any atom is 0.250 e. The number of amides is 1. The molecule has 0 bridgehead atoms. The molecule has 39 heavy (non-hydrogen) atoms. The first-order valence-corrected chi connectivity index (χ1v) is 13.4. The largest absolute Gasteiger partial charge is 0.383 e. The van der Waals surface area contributed by atoms with Crippen molar-refractivity contribution in [3.05, 3.63) is 53.6 Å². The van der Waals surface area contributed by atoms with Crippen LogP contribution in [-0.2, 0) is 9.47 Å². The number of aromatic nitrogens is 2. The van der Waals surface area contributed by atoms with Gasteiger partial charge in [0.15, 0.2) is 0 Å². The number of morpholine rings is 2. The Morgan fingerprint density at radius 3 is 2.56 bits per heavy atom. The molecule has 10 heteroatoms. The molecule has 0 aliphatic carbocycles. The van der Waals surface area contributed by atoms with E-state index in [1.165, 1.54) is 6.21 Å². The fraction of sp³-hybridized carbons (Fsp3) is 0.345. The fourth-order valence-corrected chi connectivity index (χ4v) is 5.38. The van der Waals surface area contributed by atoms with Crippen LogP contribution in [-0.4, -0.2) is 92.7 Å². The number of nitrogens with two attached hydrogens (primary N) is 1. The number of hydrogen-bond acceptors (Lipinski definition) is 8. The number of carbonyl (C=O) groups is 1. The number of pyridine rings is 1. The zero-order chi connectivity index (χ0) is 26.8. The summed E-state index contributed by atoms with van der Waals surface area (Å²) >= 11 is 0. The maximum atomic E-state index is 12.5. The normalized spacial score (nSPS) is 16.6. The summed E-state index contributed by atoms with van der Waals surface area (Å²) in [6, 6.07) is 13.8. The number of ether oxygens (including phenoxy) is 2. The number of benzene rings is 2. The fourth-order valence-electron chi connectivity index (χ4n) is 5.38. The van der Waals surface area contributed by atoms with Gasteiger partial charge in [-0.3, -0.25) is 9.69 Å². The predicted molar refractivity (Wildman–Crippen MR) is 154 cm³/mol. The van der Waals surface area contributed by atoms with E-state index in [2.05, 4.69) is 32.2 Å². The lowest BCUT2D eigenvalue weighted by Crippen LogP contribution is -2.39. The number of anilines is 2. The van der Waals surface area contributed by atoms with E-state index in [-0.39, 0.29) is 0 Å². The van der Waals surface area contributed by atoms with Gasteiger partial charge in [0, 0.05) is 73.4 Å². The first-order valence-electron chi connectivity index (χ1n) is 13.4. The number of aromatic amines is 1. The molecule has 0 spiro atoms. The molecule has 1 amide bonds. The Balaban J connectivity index is 1.32. The first kappa shape index (κ1) is 25.3. The van der Waals surface area contributed by atoms with Crippen LogP contribution in [0.1, 0.15) is 15.9 Å². The molecule has 2 aromatic heterocycles. The van der Waals surface area contributed by atoms with Crippen LogP contribution in [0.3, 0.4) is 0 Å². The zero-order valence-electron chi connectivity index (χ0n) is 21.8. The van der Waals surface area contributed by atoms with Crippen LogP contribution in [0, 0.1) is 5.41 Å². The molecule has 5 N–H and O–H groups in total. The Bertz CT molecular complexity index is 1520. The summed E-state index contributed by atoms with van der Waals surface area (Å²) in [5.74, 6) is -0.516. The van der Waals surface area contributed by atoms with Gasteiger partial charge in [-0.2, -0.15) is 0 Å². The highest BCUT2D eigenvalue weighted by Gasteiger charge is 2.19. The van der Waals surface area contributed by atoms with Crippen molar-refractivity contribution in [3.8, 4) is 11.3 Å². The van der Waals surface area contributed by atoms with Gasteiger partial charge in [0.25, 0.3) is 5.91 Å². The third-order valence-corrected chi connectivity index (χ3v) is 7.53. The summed E-state index contributed by atoms with van der Waals surface area (Å²) in [5.41, 5.74) is 12.7. The van der Waals surface area contributed by atoms with Crippen molar-refractivity contribution in [2.45, 2.75) is 0 Å². The third kappa shape index (κ3) is 5.18. The van der Waals surface area contributed by atoms with Gasteiger partial charge in [-0.25, -0.2) is 4.98 Å². The van der Waals surface area contributed by atoms with E-state index in [0.717, 1.165) is 85.9 Å². The van der Waals surface area contributed by atoms with E-state index in [4.69, 9.17) is 25.6 Å². The lowest BCUT2D eigenvalue weighted by molar-refractivity contribution is 0.0398. The number of nitrogens with one attached hydrogen (secondary N) is 3. The second kappa shape index (κ2) is 11.0. The smallest absolute Gasteiger partial charge is 0.250 e. The number of primary amides is 1. The number of hydrogen-bond donors (Lipinski definition) is 4. The van der Waals surface area contributed by atoms with Crippen LogP contribution in [0.2, 0.25) is 0 Å². The van der Waals surface area contributed by atoms with Crippen molar-refractivity contribution < 1.29 is 14.3 Å². The molecule has 0 radical (unpaired) electrons. The van der Waals surface area contributed by atoms with Gasteiger partial charge in [0.1, 0.15) is 0 Å². The summed E-state index contributed by atoms with van der Waals surface area (Å²) in [6.07, 6.45) is 1.34. The van der Waals surface area contributed by atoms with Gasteiger partial charge >= 0.3 is 0 Å². The van der Waals surface area contributed by atoms with Crippen LogP contribution < -0.4 is 16.0 Å². The topological polar surface area (TPSA) is 133 Å². The van der Waals surface area contributed by atoms with Crippen molar-refractivity contribution >= 4 is 45.4 Å².